The average molecular weight is 390 g/mol. The van der Waals surface area contributed by atoms with Crippen molar-refractivity contribution in [3.63, 3.8) is 0 Å². The first-order chi connectivity index (χ1) is 7.63. The number of hydrogen-bond donors (Lipinski definition) is 2. The predicted molar refractivity (Wildman–Crippen MR) is 48.6 cm³/mol. The average Bonchev–Trinajstić information content (AvgIpc) is 2.15. The van der Waals surface area contributed by atoms with Crippen LogP contribution in [-0.4, -0.2) is 44.7 Å². The fourth-order valence-electron chi connectivity index (χ4n) is 0.748. The topological polar surface area (TPSA) is 168 Å². The van der Waals surface area contributed by atoms with Gasteiger partial charge in [0.1, 0.15) is 0 Å². The summed E-state index contributed by atoms with van der Waals surface area (Å²) >= 11 is 0. The molecule has 0 amide bonds. The largest absolute Gasteiger partial charge is 1.00 e. The Morgan fingerprint density at radius 3 is 1.79 bits per heavy atom. The summed E-state index contributed by atoms with van der Waals surface area (Å²) < 4.78 is 34.1. The van der Waals surface area contributed by atoms with E-state index in [9.17, 15) is 9.59 Å². The number of pyridine rings is 1. The van der Waals surface area contributed by atoms with Gasteiger partial charge in [-0.05, 0) is 12.1 Å². The minimum atomic E-state index is -5.17. The molecule has 0 aliphatic carbocycles. The van der Waals surface area contributed by atoms with E-state index in [0.29, 0.717) is 0 Å². The van der Waals surface area contributed by atoms with Gasteiger partial charge >= 0.3 is 46.1 Å². The van der Waals surface area contributed by atoms with E-state index in [-0.39, 0.29) is 39.7 Å². The van der Waals surface area contributed by atoms with Gasteiger partial charge in [-0.15, -0.1) is 0 Å². The third kappa shape index (κ3) is 11.8. The molecule has 1 aromatic rings. The summed E-state index contributed by atoms with van der Waals surface area (Å²) in [6.07, 6.45) is 1.23. The van der Waals surface area contributed by atoms with Crippen molar-refractivity contribution in [3.05, 3.63) is 29.6 Å². The van der Waals surface area contributed by atoms with E-state index in [1.54, 1.807) is 0 Å². The summed E-state index contributed by atoms with van der Waals surface area (Å²) in [6.45, 7) is 0. The Morgan fingerprint density at radius 2 is 1.53 bits per heavy atom. The number of hydrogen-bond acceptors (Lipinski definition) is 7. The Labute approximate surface area is 128 Å². The Morgan fingerprint density at radius 1 is 1.11 bits per heavy atom. The van der Waals surface area contributed by atoms with Crippen molar-refractivity contribution in [2.45, 2.75) is 0 Å². The molecule has 0 atom stereocenters. The normalized spacial score (nSPS) is 8.95. The van der Waals surface area contributed by atoms with Crippen LogP contribution in [0.2, 0.25) is 0 Å². The summed E-state index contributed by atoms with van der Waals surface area (Å²) in [4.78, 5) is 24.2. The minimum absolute atomic E-state index is 0. The van der Waals surface area contributed by atoms with Gasteiger partial charge in [-0.1, -0.05) is 0 Å². The molecule has 0 unspecified atom stereocenters. The molecule has 0 spiro atoms. The molecule has 0 aromatic carbocycles. The molecule has 0 aliphatic heterocycles. The van der Waals surface area contributed by atoms with Crippen molar-refractivity contribution in [2.24, 2.45) is 0 Å². The van der Waals surface area contributed by atoms with Crippen LogP contribution in [0.1, 0.15) is 20.8 Å². The maximum Gasteiger partial charge on any atom is 1.00 e. The van der Waals surface area contributed by atoms with Crippen LogP contribution in [-0.2, 0) is 44.5 Å². The SMILES string of the molecule is O=C(O)c1cccnc1C(=O)O.O=S(=O)([O-])[O-].[Cu+].[Cu+]. The van der Waals surface area contributed by atoms with Crippen LogP contribution in [0.15, 0.2) is 18.3 Å². The predicted octanol–water partition coefficient (Wildman–Crippen LogP) is -0.865. The molecule has 114 valence electrons. The second-order valence-electron chi connectivity index (χ2n) is 2.42. The molecule has 0 saturated carbocycles. The van der Waals surface area contributed by atoms with E-state index in [1.807, 2.05) is 0 Å². The second kappa shape index (κ2) is 9.87. The number of carbonyl (C=O) groups is 2. The molecule has 1 heterocycles. The zero-order valence-electron chi connectivity index (χ0n) is 8.53. The molecule has 2 N–H and O–H groups in total. The van der Waals surface area contributed by atoms with Crippen LogP contribution in [0, 0.1) is 0 Å². The van der Waals surface area contributed by atoms with Crippen LogP contribution >= 0.6 is 0 Å². The number of rotatable bonds is 2. The Hall–Kier alpha value is -1.00. The minimum Gasteiger partial charge on any atom is -0.759 e. The molecule has 19 heavy (non-hydrogen) atoms. The zero-order valence-corrected chi connectivity index (χ0v) is 11.2. The molecule has 0 aliphatic rings. The number of nitrogens with zero attached hydrogens (tertiary/aromatic N) is 1. The van der Waals surface area contributed by atoms with Gasteiger partial charge in [0.25, 0.3) is 0 Å². The van der Waals surface area contributed by atoms with Crippen LogP contribution in [0.5, 0.6) is 0 Å². The Kier molecular flexibility index (Phi) is 12.0. The quantitative estimate of drug-likeness (QED) is 0.371. The molecule has 12 heteroatoms. The van der Waals surface area contributed by atoms with Crippen LogP contribution in [0.3, 0.4) is 0 Å². The molecule has 1 rings (SSSR count). The molecule has 1 aromatic heterocycles. The maximum absolute atomic E-state index is 10.4. The first kappa shape index (κ1) is 23.1. The van der Waals surface area contributed by atoms with Gasteiger partial charge < -0.3 is 19.3 Å². The summed E-state index contributed by atoms with van der Waals surface area (Å²) in [7, 11) is -5.17. The first-order valence-electron chi connectivity index (χ1n) is 3.71. The van der Waals surface area contributed by atoms with Gasteiger partial charge in [0.05, 0.1) is 5.56 Å². The molecular weight excluding hydrogens is 385 g/mol. The van der Waals surface area contributed by atoms with Gasteiger partial charge in [-0.2, -0.15) is 0 Å². The van der Waals surface area contributed by atoms with Crippen molar-refractivity contribution < 1.29 is 71.5 Å². The van der Waals surface area contributed by atoms with E-state index in [2.05, 4.69) is 4.98 Å². The van der Waals surface area contributed by atoms with E-state index in [0.717, 1.165) is 0 Å². The van der Waals surface area contributed by atoms with Crippen molar-refractivity contribution in [1.82, 2.24) is 4.98 Å². The van der Waals surface area contributed by atoms with Gasteiger partial charge in [-0.25, -0.2) is 14.6 Å². The van der Waals surface area contributed by atoms with Gasteiger partial charge in [0.15, 0.2) is 5.69 Å². The van der Waals surface area contributed by atoms with Crippen LogP contribution in [0.25, 0.3) is 0 Å². The van der Waals surface area contributed by atoms with Crippen molar-refractivity contribution in [2.75, 3.05) is 0 Å². The van der Waals surface area contributed by atoms with Gasteiger partial charge in [0.2, 0.25) is 0 Å². The summed E-state index contributed by atoms with van der Waals surface area (Å²) in [5, 5.41) is 17.0. The maximum atomic E-state index is 10.4. The van der Waals surface area contributed by atoms with Crippen molar-refractivity contribution >= 4 is 22.3 Å². The molecule has 0 fully saturated rings. The van der Waals surface area contributed by atoms with Gasteiger partial charge in [-0.3, -0.25) is 8.42 Å². The third-order valence-corrected chi connectivity index (χ3v) is 1.24. The first-order valence-corrected chi connectivity index (χ1v) is 5.04. The third-order valence-electron chi connectivity index (χ3n) is 1.24. The van der Waals surface area contributed by atoms with E-state index in [4.69, 9.17) is 27.7 Å². The van der Waals surface area contributed by atoms with Crippen LogP contribution < -0.4 is 0 Å². The zero-order chi connectivity index (χ0) is 13.6. The Bertz CT molecular complexity index is 491. The standard InChI is InChI=1S/C7H5NO4.2Cu.H2O4S/c9-6(10)4-2-1-3-8-5(4)7(11)12;;;1-5(2,3)4/h1-3H,(H,9,10)(H,11,12);;;(H2,1,2,3,4)/q;2*+1;/p-2. The molecule has 0 saturated heterocycles. The fourth-order valence-corrected chi connectivity index (χ4v) is 0.748. The van der Waals surface area contributed by atoms with E-state index < -0.39 is 28.0 Å². The molecule has 9 nitrogen and oxygen atoms in total. The molecular formula is C7H5Cu2NO8S. The molecule has 0 radical (unpaired) electrons. The van der Waals surface area contributed by atoms with Crippen molar-refractivity contribution in [3.8, 4) is 0 Å². The number of aromatic nitrogens is 1. The van der Waals surface area contributed by atoms with Gasteiger partial charge in [0, 0.05) is 16.6 Å². The van der Waals surface area contributed by atoms with Crippen molar-refractivity contribution in [1.29, 1.82) is 0 Å². The van der Waals surface area contributed by atoms with Crippen LogP contribution in [0.4, 0.5) is 0 Å². The fraction of sp³-hybridized carbons (Fsp3) is 0. The van der Waals surface area contributed by atoms with E-state index >= 15 is 0 Å². The number of aromatic carboxylic acids is 2. The number of carboxylic acid groups (broad SMARTS) is 2. The molecule has 0 bridgehead atoms. The second-order valence-corrected chi connectivity index (χ2v) is 3.23. The summed E-state index contributed by atoms with van der Waals surface area (Å²) in [6, 6.07) is 2.56. The summed E-state index contributed by atoms with van der Waals surface area (Å²) in [5.41, 5.74) is -0.741. The smallest absolute Gasteiger partial charge is 0.759 e. The summed E-state index contributed by atoms with van der Waals surface area (Å²) in [5.74, 6) is -2.63. The number of carboxylic acids is 2. The Balaban J connectivity index is -0.000000320. The monoisotopic (exact) mass is 389 g/mol. The van der Waals surface area contributed by atoms with E-state index in [1.165, 1.54) is 18.3 Å².